The largest absolute Gasteiger partial charge is 0.507 e. The number of carbonyl (C=O) groups is 3. The normalized spacial score (nSPS) is 28.0. The van der Waals surface area contributed by atoms with Gasteiger partial charge in [0.05, 0.1) is 18.8 Å². The van der Waals surface area contributed by atoms with Crippen molar-refractivity contribution in [2.45, 2.75) is 49.9 Å². The molecule has 2 saturated carbocycles. The number of amides is 1. The van der Waals surface area contributed by atoms with Gasteiger partial charge < -0.3 is 40.7 Å². The van der Waals surface area contributed by atoms with Crippen LogP contribution in [0.3, 0.4) is 0 Å². The van der Waals surface area contributed by atoms with E-state index in [1.165, 1.54) is 0 Å². The molecule has 0 bridgehead atoms. The van der Waals surface area contributed by atoms with Crippen LogP contribution < -0.4 is 15.4 Å². The summed E-state index contributed by atoms with van der Waals surface area (Å²) in [5.74, 6) is -6.68. The van der Waals surface area contributed by atoms with Gasteiger partial charge in [0.1, 0.15) is 23.2 Å². The van der Waals surface area contributed by atoms with Crippen molar-refractivity contribution in [1.82, 2.24) is 4.90 Å². The maximum absolute atomic E-state index is 14.1. The molecule has 5 rings (SSSR count). The number of phenols is 1. The summed E-state index contributed by atoms with van der Waals surface area (Å²) in [5, 5.41) is 46.1. The number of Topliss-reactive ketones (excluding diaryl/α,β-unsaturated/α-hetero) is 2. The van der Waals surface area contributed by atoms with E-state index < -0.39 is 58.7 Å². The average Bonchev–Trinajstić information content (AvgIpc) is 2.95. The fourth-order valence-corrected chi connectivity index (χ4v) is 7.67. The van der Waals surface area contributed by atoms with Crippen LogP contribution in [0.2, 0.25) is 0 Å². The first kappa shape index (κ1) is 31.5. The Balaban J connectivity index is 1.58. The number of aromatic hydroxyl groups is 1. The minimum atomic E-state index is -2.68. The van der Waals surface area contributed by atoms with Crippen LogP contribution in [0.15, 0.2) is 35.9 Å². The lowest BCUT2D eigenvalue weighted by atomic mass is 9.54. The number of para-hydroxylation sites is 1. The number of nitrogens with two attached hydrogens (primary N) is 1. The number of ketones is 2. The number of methoxy groups -OCH3 is 1. The highest BCUT2D eigenvalue weighted by Crippen LogP contribution is 2.53. The summed E-state index contributed by atoms with van der Waals surface area (Å²) in [5.41, 5.74) is 5.73. The van der Waals surface area contributed by atoms with Gasteiger partial charge in [-0.15, -0.1) is 0 Å². The van der Waals surface area contributed by atoms with Crippen LogP contribution >= 0.6 is 0 Å². The zero-order valence-electron chi connectivity index (χ0n) is 25.7. The molecular formula is C33H41N3O8. The third kappa shape index (κ3) is 4.74. The Bertz CT molecular complexity index is 1550. The zero-order valence-corrected chi connectivity index (χ0v) is 25.7. The quantitative estimate of drug-likeness (QED) is 0.276. The Morgan fingerprint density at radius 1 is 1.09 bits per heavy atom. The van der Waals surface area contributed by atoms with E-state index in [-0.39, 0.29) is 29.7 Å². The first-order valence-corrected chi connectivity index (χ1v) is 14.8. The molecule has 0 heterocycles. The van der Waals surface area contributed by atoms with Crippen molar-refractivity contribution in [1.29, 1.82) is 0 Å². The highest BCUT2D eigenvalue weighted by atomic mass is 16.5. The lowest BCUT2D eigenvalue weighted by Gasteiger charge is -2.53. The van der Waals surface area contributed by atoms with Crippen LogP contribution in [0.5, 0.6) is 11.5 Å². The molecule has 2 aromatic carbocycles. The number of hydrogen-bond acceptors (Lipinski definition) is 10. The first-order chi connectivity index (χ1) is 20.7. The molecule has 2 aromatic rings. The van der Waals surface area contributed by atoms with Crippen molar-refractivity contribution in [2.24, 2.45) is 23.5 Å². The summed E-state index contributed by atoms with van der Waals surface area (Å²) in [6.07, 6.45) is 0.610. The molecule has 2 fully saturated rings. The second-order valence-electron chi connectivity index (χ2n) is 12.6. The predicted molar refractivity (Wildman–Crippen MR) is 163 cm³/mol. The Labute approximate surface area is 256 Å². The molecule has 1 amide bonds. The van der Waals surface area contributed by atoms with Crippen molar-refractivity contribution in [2.75, 3.05) is 40.2 Å². The number of aliphatic hydroxyl groups excluding tert-OH is 2. The lowest BCUT2D eigenvalue weighted by molar-refractivity contribution is -0.184. The Morgan fingerprint density at radius 3 is 2.36 bits per heavy atom. The van der Waals surface area contributed by atoms with Crippen LogP contribution in [-0.2, 0) is 33.6 Å². The average molecular weight is 608 g/mol. The van der Waals surface area contributed by atoms with Gasteiger partial charge in [0.2, 0.25) is 11.7 Å². The molecule has 0 saturated heterocycles. The highest BCUT2D eigenvalue weighted by Gasteiger charge is 2.67. The first-order valence-electron chi connectivity index (χ1n) is 14.8. The van der Waals surface area contributed by atoms with Gasteiger partial charge in [0, 0.05) is 37.3 Å². The number of hydrogen-bond donors (Lipinski definition) is 5. The van der Waals surface area contributed by atoms with Crippen LogP contribution in [0.25, 0.3) is 5.76 Å². The molecule has 44 heavy (non-hydrogen) atoms. The minimum Gasteiger partial charge on any atom is -0.507 e. The zero-order chi connectivity index (χ0) is 32.2. The molecule has 236 valence electrons. The number of nitrogens with zero attached hydrogens (tertiary/aromatic N) is 2. The summed E-state index contributed by atoms with van der Waals surface area (Å²) < 4.78 is 5.46. The van der Waals surface area contributed by atoms with Gasteiger partial charge in [0.15, 0.2) is 11.4 Å². The van der Waals surface area contributed by atoms with E-state index in [2.05, 4.69) is 0 Å². The van der Waals surface area contributed by atoms with E-state index in [0.29, 0.717) is 30.4 Å². The van der Waals surface area contributed by atoms with Gasteiger partial charge in [-0.2, -0.15) is 0 Å². The molecule has 11 heteroatoms. The maximum atomic E-state index is 14.1. The number of primary amides is 1. The van der Waals surface area contributed by atoms with E-state index in [1.807, 2.05) is 49.3 Å². The number of likely N-dealkylation sites (N-methyl/N-ethyl adjacent to an activating group) is 1. The molecular weight excluding hydrogens is 566 g/mol. The smallest absolute Gasteiger partial charge is 0.230 e. The molecule has 6 atom stereocenters. The van der Waals surface area contributed by atoms with E-state index in [1.54, 1.807) is 26.1 Å². The minimum absolute atomic E-state index is 0.0759. The van der Waals surface area contributed by atoms with Crippen LogP contribution in [0.1, 0.15) is 35.1 Å². The monoisotopic (exact) mass is 607 g/mol. The van der Waals surface area contributed by atoms with E-state index in [0.717, 1.165) is 17.0 Å². The fraction of sp³-hybridized carbons (Fsp3) is 0.485. The summed E-state index contributed by atoms with van der Waals surface area (Å²) in [6.45, 7) is 0. The Hall–Kier alpha value is -3.93. The maximum Gasteiger partial charge on any atom is 0.230 e. The second-order valence-corrected chi connectivity index (χ2v) is 12.6. The van der Waals surface area contributed by atoms with E-state index in [9.17, 15) is 34.8 Å². The van der Waals surface area contributed by atoms with Crippen LogP contribution in [0, 0.1) is 17.8 Å². The number of phenolic OH excluding ortho intramolecular Hbond substituents is 1. The Morgan fingerprint density at radius 2 is 1.75 bits per heavy atom. The van der Waals surface area contributed by atoms with Crippen molar-refractivity contribution in [3.05, 3.63) is 58.2 Å². The fourth-order valence-electron chi connectivity index (χ4n) is 7.67. The number of aliphatic hydroxyl groups is 3. The molecule has 0 aliphatic heterocycles. The topological polar surface area (TPSA) is 174 Å². The van der Waals surface area contributed by atoms with E-state index >= 15 is 0 Å². The van der Waals surface area contributed by atoms with E-state index in [4.69, 9.17) is 10.5 Å². The summed E-state index contributed by atoms with van der Waals surface area (Å²) in [4.78, 5) is 43.4. The highest BCUT2D eigenvalue weighted by molar-refractivity contribution is 6.25. The third-order valence-corrected chi connectivity index (χ3v) is 9.71. The molecule has 0 spiro atoms. The number of carbonyl (C=O) groups excluding carboxylic acids is 3. The third-order valence-electron chi connectivity index (χ3n) is 9.71. The summed E-state index contributed by atoms with van der Waals surface area (Å²) >= 11 is 0. The molecule has 6 N–H and O–H groups in total. The molecule has 3 unspecified atom stereocenters. The van der Waals surface area contributed by atoms with Gasteiger partial charge in [-0.1, -0.05) is 18.2 Å². The van der Waals surface area contributed by atoms with Gasteiger partial charge in [-0.3, -0.25) is 14.4 Å². The standard InChI is InChI=1S/C33H41N3O8/c1-35(2)21-15-17(11-8-10-16-9-6-7-12-22(16)44-5)27(37)24-19(21)13-18-14-20-26(36(3)4)29(39)25(32(34)42)31(41)33(20,43)30(40)23(18)28(24)38/h6-7,9,12,15,18,20,25-26,29,37-39,43H,8,10-11,13-14H2,1-5H3,(H2,34,42)/t18-,20-,25?,26?,29?,33-/m0/s1. The molecule has 0 aromatic heterocycles. The Kier molecular flexibility index (Phi) is 8.25. The molecule has 0 radical (unpaired) electrons. The van der Waals surface area contributed by atoms with Crippen molar-refractivity contribution < 1.29 is 39.5 Å². The SMILES string of the molecule is COc1ccccc1CCCc1cc(N(C)C)c2c(c1O)C(O)=C1C(=O)[C@]3(O)C(=O)C(C(N)=O)C(O)C(N(C)C)[C@@H]3C[C@@H]1C2. The van der Waals surface area contributed by atoms with Gasteiger partial charge in [0.25, 0.3) is 0 Å². The molecule has 11 nitrogen and oxygen atoms in total. The summed E-state index contributed by atoms with van der Waals surface area (Å²) in [6, 6.07) is 8.66. The van der Waals surface area contributed by atoms with Crippen molar-refractivity contribution >= 4 is 28.9 Å². The van der Waals surface area contributed by atoms with Crippen LogP contribution in [-0.4, -0.2) is 95.8 Å². The van der Waals surface area contributed by atoms with Crippen molar-refractivity contribution in [3.8, 4) is 11.5 Å². The number of benzene rings is 2. The number of rotatable bonds is 8. The number of ether oxygens (including phenoxy) is 1. The van der Waals surface area contributed by atoms with Crippen LogP contribution in [0.4, 0.5) is 5.69 Å². The molecule has 3 aliphatic carbocycles. The number of fused-ring (bicyclic) bond motifs is 3. The van der Waals surface area contributed by atoms with Gasteiger partial charge in [-0.25, -0.2) is 0 Å². The predicted octanol–water partition coefficient (Wildman–Crippen LogP) is 1.38. The lowest BCUT2D eigenvalue weighted by Crippen LogP contribution is -2.73. The molecule has 3 aliphatic rings. The van der Waals surface area contributed by atoms with Gasteiger partial charge in [-0.05, 0) is 80.9 Å². The van der Waals surface area contributed by atoms with Gasteiger partial charge >= 0.3 is 0 Å². The second kappa shape index (κ2) is 11.5. The number of aryl methyl sites for hydroxylation is 2. The summed E-state index contributed by atoms with van der Waals surface area (Å²) in [7, 11) is 8.58. The van der Waals surface area contributed by atoms with Crippen molar-refractivity contribution in [3.63, 3.8) is 0 Å². The number of anilines is 1.